The van der Waals surface area contributed by atoms with Crippen LogP contribution in [0.1, 0.15) is 49.5 Å². The highest BCUT2D eigenvalue weighted by atomic mass is 16.5. The molecule has 1 aliphatic rings. The Hall–Kier alpha value is -2.44. The van der Waals surface area contributed by atoms with Gasteiger partial charge in [0.05, 0.1) is 18.9 Å². The molecule has 25 heavy (non-hydrogen) atoms. The monoisotopic (exact) mass is 343 g/mol. The molecular weight excluding hydrogens is 318 g/mol. The third-order valence-corrected chi connectivity index (χ3v) is 4.46. The summed E-state index contributed by atoms with van der Waals surface area (Å²) in [4.78, 5) is 16.2. The van der Waals surface area contributed by atoms with Crippen molar-refractivity contribution in [2.24, 2.45) is 5.92 Å². The van der Waals surface area contributed by atoms with Crippen LogP contribution in [0.5, 0.6) is 5.75 Å². The molecule has 134 valence electrons. The first-order valence-corrected chi connectivity index (χ1v) is 8.95. The fourth-order valence-corrected chi connectivity index (χ4v) is 3.14. The molecule has 0 aromatic carbocycles. The Balaban J connectivity index is 1.45. The lowest BCUT2D eigenvalue weighted by atomic mass is 9.89. The first kappa shape index (κ1) is 17.4. The highest BCUT2D eigenvalue weighted by Gasteiger charge is 2.17. The van der Waals surface area contributed by atoms with Crippen molar-refractivity contribution < 1.29 is 9.53 Å². The van der Waals surface area contributed by atoms with E-state index in [0.29, 0.717) is 23.9 Å². The van der Waals surface area contributed by atoms with E-state index < -0.39 is 0 Å². The van der Waals surface area contributed by atoms with Gasteiger partial charge in [-0.1, -0.05) is 24.5 Å². The second-order valence-electron chi connectivity index (χ2n) is 6.66. The van der Waals surface area contributed by atoms with Gasteiger partial charge in [0.1, 0.15) is 11.9 Å². The van der Waals surface area contributed by atoms with Gasteiger partial charge in [0.25, 0.3) is 5.91 Å². The van der Waals surface area contributed by atoms with Crippen molar-refractivity contribution in [3.8, 4) is 5.75 Å². The maximum absolute atomic E-state index is 12.2. The van der Waals surface area contributed by atoms with Crippen LogP contribution >= 0.6 is 0 Å². The number of rotatable bonds is 7. The topological polar surface area (TPSA) is 81.9 Å². The quantitative estimate of drug-likeness (QED) is 0.835. The third-order valence-electron chi connectivity index (χ3n) is 4.46. The molecule has 2 heterocycles. The standard InChI is InChI=1S/C18H25N5O2/c1-14(25-16-8-5-9-19-11-16)10-20-18(24)17-13-23(22-21-17)12-15-6-3-2-4-7-15/h5,8-9,11,13-15H,2-4,6-7,10,12H2,1H3,(H,20,24)/t14-/m0/s1. The van der Waals surface area contributed by atoms with Crippen LogP contribution in [0, 0.1) is 5.92 Å². The Kier molecular flexibility index (Phi) is 5.98. The van der Waals surface area contributed by atoms with Crippen molar-refractivity contribution in [1.29, 1.82) is 0 Å². The third kappa shape index (κ3) is 5.27. The lowest BCUT2D eigenvalue weighted by molar-refractivity contribution is 0.0927. The van der Waals surface area contributed by atoms with Gasteiger partial charge in [-0.3, -0.25) is 14.5 Å². The minimum atomic E-state index is -0.225. The summed E-state index contributed by atoms with van der Waals surface area (Å²) in [5.74, 6) is 1.11. The Morgan fingerprint density at radius 1 is 1.40 bits per heavy atom. The van der Waals surface area contributed by atoms with Gasteiger partial charge in [-0.05, 0) is 37.8 Å². The number of hydrogen-bond donors (Lipinski definition) is 1. The molecule has 0 aliphatic heterocycles. The average Bonchev–Trinajstić information content (AvgIpc) is 3.10. The number of aromatic nitrogens is 4. The second kappa shape index (κ2) is 8.60. The number of carbonyl (C=O) groups is 1. The Bertz CT molecular complexity index is 667. The molecule has 0 saturated heterocycles. The molecule has 3 rings (SSSR count). The fraction of sp³-hybridized carbons (Fsp3) is 0.556. The molecule has 1 amide bonds. The minimum absolute atomic E-state index is 0.162. The molecule has 1 fully saturated rings. The number of amides is 1. The number of carbonyl (C=O) groups excluding carboxylic acids is 1. The Labute approximate surface area is 147 Å². The van der Waals surface area contributed by atoms with Gasteiger partial charge in [0, 0.05) is 12.7 Å². The van der Waals surface area contributed by atoms with E-state index in [0.717, 1.165) is 6.54 Å². The largest absolute Gasteiger partial charge is 0.487 e. The van der Waals surface area contributed by atoms with Gasteiger partial charge in [-0.25, -0.2) is 0 Å². The van der Waals surface area contributed by atoms with Crippen molar-refractivity contribution in [3.05, 3.63) is 36.4 Å². The van der Waals surface area contributed by atoms with Crippen LogP contribution in [0.4, 0.5) is 0 Å². The highest BCUT2D eigenvalue weighted by Crippen LogP contribution is 2.24. The molecule has 0 radical (unpaired) electrons. The molecule has 0 unspecified atom stereocenters. The summed E-state index contributed by atoms with van der Waals surface area (Å²) >= 11 is 0. The Morgan fingerprint density at radius 2 is 2.24 bits per heavy atom. The van der Waals surface area contributed by atoms with Crippen LogP contribution in [-0.2, 0) is 6.54 Å². The van der Waals surface area contributed by atoms with Gasteiger partial charge < -0.3 is 10.1 Å². The number of nitrogens with one attached hydrogen (secondary N) is 1. The molecule has 0 bridgehead atoms. The molecule has 1 atom stereocenters. The maximum atomic E-state index is 12.2. The van der Waals surface area contributed by atoms with E-state index in [9.17, 15) is 4.79 Å². The SMILES string of the molecule is C[C@@H](CNC(=O)c1cn(CC2CCCCC2)nn1)Oc1cccnc1. The van der Waals surface area contributed by atoms with E-state index in [1.165, 1.54) is 32.1 Å². The van der Waals surface area contributed by atoms with Crippen LogP contribution in [-0.4, -0.2) is 38.5 Å². The van der Waals surface area contributed by atoms with Crippen molar-refractivity contribution >= 4 is 5.91 Å². The smallest absolute Gasteiger partial charge is 0.273 e. The van der Waals surface area contributed by atoms with E-state index in [4.69, 9.17) is 4.74 Å². The molecule has 2 aromatic heterocycles. The van der Waals surface area contributed by atoms with Crippen LogP contribution < -0.4 is 10.1 Å². The van der Waals surface area contributed by atoms with Crippen molar-refractivity contribution in [1.82, 2.24) is 25.3 Å². The minimum Gasteiger partial charge on any atom is -0.487 e. The summed E-state index contributed by atoms with van der Waals surface area (Å²) in [6, 6.07) is 3.65. The van der Waals surface area contributed by atoms with Crippen LogP contribution in [0.15, 0.2) is 30.7 Å². The molecule has 2 aromatic rings. The molecule has 1 N–H and O–H groups in total. The van der Waals surface area contributed by atoms with Crippen LogP contribution in [0.25, 0.3) is 0 Å². The van der Waals surface area contributed by atoms with E-state index in [1.807, 2.05) is 19.1 Å². The van der Waals surface area contributed by atoms with Gasteiger partial charge >= 0.3 is 0 Å². The van der Waals surface area contributed by atoms with Crippen molar-refractivity contribution in [2.75, 3.05) is 6.54 Å². The van der Waals surface area contributed by atoms with E-state index in [1.54, 1.807) is 23.3 Å². The van der Waals surface area contributed by atoms with Crippen LogP contribution in [0.2, 0.25) is 0 Å². The zero-order valence-corrected chi connectivity index (χ0v) is 14.6. The second-order valence-corrected chi connectivity index (χ2v) is 6.66. The van der Waals surface area contributed by atoms with E-state index >= 15 is 0 Å². The zero-order valence-electron chi connectivity index (χ0n) is 14.6. The summed E-state index contributed by atoms with van der Waals surface area (Å²) in [5.41, 5.74) is 0.351. The summed E-state index contributed by atoms with van der Waals surface area (Å²) < 4.78 is 7.48. The number of nitrogens with zero attached hydrogens (tertiary/aromatic N) is 4. The first-order chi connectivity index (χ1) is 12.2. The normalized spacial score (nSPS) is 16.4. The van der Waals surface area contributed by atoms with Gasteiger partial charge in [-0.15, -0.1) is 5.10 Å². The first-order valence-electron chi connectivity index (χ1n) is 8.95. The maximum Gasteiger partial charge on any atom is 0.273 e. The predicted octanol–water partition coefficient (Wildman–Crippen LogP) is 2.45. The molecule has 7 nitrogen and oxygen atoms in total. The predicted molar refractivity (Wildman–Crippen MR) is 93.3 cm³/mol. The number of pyridine rings is 1. The fourth-order valence-electron chi connectivity index (χ4n) is 3.14. The van der Waals surface area contributed by atoms with E-state index in [-0.39, 0.29) is 12.0 Å². The highest BCUT2D eigenvalue weighted by molar-refractivity contribution is 5.91. The molecule has 1 saturated carbocycles. The summed E-state index contributed by atoms with van der Waals surface area (Å²) in [5, 5.41) is 10.9. The molecule has 1 aliphatic carbocycles. The summed E-state index contributed by atoms with van der Waals surface area (Å²) in [7, 11) is 0. The lowest BCUT2D eigenvalue weighted by Crippen LogP contribution is -2.33. The molecule has 0 spiro atoms. The zero-order chi connectivity index (χ0) is 17.5. The summed E-state index contributed by atoms with van der Waals surface area (Å²) in [6.07, 6.45) is 11.3. The lowest BCUT2D eigenvalue weighted by Gasteiger charge is -2.20. The average molecular weight is 343 g/mol. The molecular formula is C18H25N5O2. The number of ether oxygens (including phenoxy) is 1. The van der Waals surface area contributed by atoms with Crippen LogP contribution in [0.3, 0.4) is 0 Å². The summed E-state index contributed by atoms with van der Waals surface area (Å²) in [6.45, 7) is 3.14. The van der Waals surface area contributed by atoms with Gasteiger partial charge in [0.15, 0.2) is 5.69 Å². The van der Waals surface area contributed by atoms with Gasteiger partial charge in [0.2, 0.25) is 0 Å². The van der Waals surface area contributed by atoms with Crippen molar-refractivity contribution in [2.45, 2.75) is 51.7 Å². The van der Waals surface area contributed by atoms with Gasteiger partial charge in [-0.2, -0.15) is 0 Å². The van der Waals surface area contributed by atoms with Crippen molar-refractivity contribution in [3.63, 3.8) is 0 Å². The molecule has 7 heteroatoms. The number of hydrogen-bond acceptors (Lipinski definition) is 5. The Morgan fingerprint density at radius 3 is 3.00 bits per heavy atom. The van der Waals surface area contributed by atoms with E-state index in [2.05, 4.69) is 20.6 Å².